The molecule has 1 rings (SSSR count). The molecule has 3 N–H and O–H groups in total. The summed E-state index contributed by atoms with van der Waals surface area (Å²) in [6.07, 6.45) is 3.63. The molecule has 7 heteroatoms. The third-order valence-corrected chi connectivity index (χ3v) is 5.09. The minimum Gasteiger partial charge on any atom is -0.381 e. The Morgan fingerprint density at radius 2 is 1.83 bits per heavy atom. The zero-order valence-corrected chi connectivity index (χ0v) is 12.2. The summed E-state index contributed by atoms with van der Waals surface area (Å²) < 4.78 is 28.8. The number of sulfonamides is 1. The Bertz CT molecular complexity index is 495. The van der Waals surface area contributed by atoms with E-state index in [9.17, 15) is 8.42 Å². The van der Waals surface area contributed by atoms with E-state index < -0.39 is 15.6 Å². The maximum Gasteiger partial charge on any atom is 0.246 e. The lowest BCUT2D eigenvalue weighted by atomic mass is 9.91. The molecule has 1 heterocycles. The van der Waals surface area contributed by atoms with Crippen LogP contribution in [0.25, 0.3) is 0 Å². The van der Waals surface area contributed by atoms with Gasteiger partial charge in [-0.2, -0.15) is 5.10 Å². The molecule has 0 aromatic carbocycles. The van der Waals surface area contributed by atoms with Crippen LogP contribution >= 0.6 is 0 Å². The van der Waals surface area contributed by atoms with E-state index in [0.717, 1.165) is 19.3 Å². The van der Waals surface area contributed by atoms with Crippen LogP contribution in [0.1, 0.15) is 40.0 Å². The Hall–Kier alpha value is -1.08. The van der Waals surface area contributed by atoms with E-state index in [0.29, 0.717) is 0 Å². The van der Waals surface area contributed by atoms with Crippen molar-refractivity contribution in [1.82, 2.24) is 14.5 Å². The van der Waals surface area contributed by atoms with E-state index in [1.54, 1.807) is 7.05 Å². The highest BCUT2D eigenvalue weighted by atomic mass is 32.2. The fraction of sp³-hybridized carbons (Fsp3) is 0.727. The molecular formula is C11H22N4O2S. The number of aryl methyl sites for hydroxylation is 1. The molecule has 0 bridgehead atoms. The first kappa shape index (κ1) is 15.0. The Morgan fingerprint density at radius 3 is 2.17 bits per heavy atom. The fourth-order valence-electron chi connectivity index (χ4n) is 2.00. The van der Waals surface area contributed by atoms with Gasteiger partial charge < -0.3 is 5.73 Å². The van der Waals surface area contributed by atoms with Gasteiger partial charge in [0.05, 0.1) is 0 Å². The highest BCUT2D eigenvalue weighted by Gasteiger charge is 2.32. The number of nitrogens with zero attached hydrogens (tertiary/aromatic N) is 2. The molecular weight excluding hydrogens is 252 g/mol. The van der Waals surface area contributed by atoms with Crippen LogP contribution in [0.3, 0.4) is 0 Å². The molecule has 0 fully saturated rings. The van der Waals surface area contributed by atoms with Crippen molar-refractivity contribution in [2.75, 3.05) is 5.73 Å². The number of hydrogen-bond donors (Lipinski definition) is 2. The van der Waals surface area contributed by atoms with Crippen LogP contribution in [-0.2, 0) is 17.1 Å². The number of hydrogen-bond acceptors (Lipinski definition) is 4. The van der Waals surface area contributed by atoms with Gasteiger partial charge in [0.15, 0.2) is 5.82 Å². The van der Waals surface area contributed by atoms with Crippen LogP contribution in [-0.4, -0.2) is 23.7 Å². The molecule has 104 valence electrons. The number of nitrogens with two attached hydrogens (primary N) is 1. The van der Waals surface area contributed by atoms with Crippen molar-refractivity contribution >= 4 is 15.8 Å². The van der Waals surface area contributed by atoms with Crippen molar-refractivity contribution in [3.8, 4) is 0 Å². The fourth-order valence-corrected chi connectivity index (χ4v) is 3.72. The van der Waals surface area contributed by atoms with E-state index >= 15 is 0 Å². The summed E-state index contributed by atoms with van der Waals surface area (Å²) in [6.45, 7) is 5.92. The summed E-state index contributed by atoms with van der Waals surface area (Å²) in [5.41, 5.74) is 5.20. The summed E-state index contributed by atoms with van der Waals surface area (Å²) in [4.78, 5) is 0.0460. The van der Waals surface area contributed by atoms with E-state index in [2.05, 4.69) is 9.82 Å². The Kier molecular flexibility index (Phi) is 4.39. The SMILES string of the molecule is CCC(CC)(CC)NS(=O)(=O)c1cn(C)nc1N. The van der Waals surface area contributed by atoms with Gasteiger partial charge in [-0.05, 0) is 19.3 Å². The molecule has 0 saturated carbocycles. The van der Waals surface area contributed by atoms with Gasteiger partial charge in [-0.3, -0.25) is 4.68 Å². The van der Waals surface area contributed by atoms with Crippen LogP contribution < -0.4 is 10.5 Å². The van der Waals surface area contributed by atoms with Gasteiger partial charge in [-0.15, -0.1) is 0 Å². The second kappa shape index (κ2) is 5.27. The quantitative estimate of drug-likeness (QED) is 0.817. The first-order chi connectivity index (χ1) is 8.30. The van der Waals surface area contributed by atoms with Gasteiger partial charge in [0.1, 0.15) is 4.90 Å². The predicted octanol–water partition coefficient (Wildman–Crippen LogP) is 1.25. The molecule has 0 saturated heterocycles. The average molecular weight is 274 g/mol. The molecule has 0 unspecified atom stereocenters. The van der Waals surface area contributed by atoms with Crippen LogP contribution in [0.15, 0.2) is 11.1 Å². The zero-order chi connectivity index (χ0) is 14.0. The summed E-state index contributed by atoms with van der Waals surface area (Å²) in [6, 6.07) is 0. The molecule has 0 aliphatic heterocycles. The number of aromatic nitrogens is 2. The highest BCUT2D eigenvalue weighted by molar-refractivity contribution is 7.89. The van der Waals surface area contributed by atoms with Crippen LogP contribution in [0.4, 0.5) is 5.82 Å². The van der Waals surface area contributed by atoms with Crippen molar-refractivity contribution in [3.63, 3.8) is 0 Å². The molecule has 0 atom stereocenters. The van der Waals surface area contributed by atoms with Gasteiger partial charge in [0.2, 0.25) is 10.0 Å². The van der Waals surface area contributed by atoms with Crippen LogP contribution in [0.2, 0.25) is 0 Å². The van der Waals surface area contributed by atoms with Gasteiger partial charge in [0, 0.05) is 18.8 Å². The smallest absolute Gasteiger partial charge is 0.246 e. The van der Waals surface area contributed by atoms with E-state index in [1.165, 1.54) is 10.9 Å². The first-order valence-corrected chi connectivity index (χ1v) is 7.61. The number of rotatable bonds is 6. The summed E-state index contributed by atoms with van der Waals surface area (Å²) in [7, 11) is -1.98. The lowest BCUT2D eigenvalue weighted by Gasteiger charge is -2.31. The van der Waals surface area contributed by atoms with Crippen molar-refractivity contribution < 1.29 is 8.42 Å². The highest BCUT2D eigenvalue weighted by Crippen LogP contribution is 2.24. The normalized spacial score (nSPS) is 12.9. The topological polar surface area (TPSA) is 90.0 Å². The molecule has 0 amide bonds. The number of nitrogen functional groups attached to an aromatic ring is 1. The van der Waals surface area contributed by atoms with Gasteiger partial charge in [0.25, 0.3) is 0 Å². The van der Waals surface area contributed by atoms with Crippen molar-refractivity contribution in [2.45, 2.75) is 50.5 Å². The molecule has 0 spiro atoms. The summed E-state index contributed by atoms with van der Waals surface area (Å²) in [5, 5.41) is 3.86. The van der Waals surface area contributed by atoms with E-state index in [4.69, 9.17) is 5.73 Å². The summed E-state index contributed by atoms with van der Waals surface area (Å²) in [5.74, 6) is 0.0298. The maximum atomic E-state index is 12.3. The molecule has 1 aromatic rings. The predicted molar refractivity (Wildman–Crippen MR) is 71.5 cm³/mol. The van der Waals surface area contributed by atoms with Crippen molar-refractivity contribution in [1.29, 1.82) is 0 Å². The van der Waals surface area contributed by atoms with Gasteiger partial charge >= 0.3 is 0 Å². The average Bonchev–Trinajstić information content (AvgIpc) is 2.66. The van der Waals surface area contributed by atoms with Crippen LogP contribution in [0, 0.1) is 0 Å². The minimum atomic E-state index is -3.62. The Morgan fingerprint density at radius 1 is 1.33 bits per heavy atom. The molecule has 18 heavy (non-hydrogen) atoms. The van der Waals surface area contributed by atoms with E-state index in [1.807, 2.05) is 20.8 Å². The number of anilines is 1. The molecule has 6 nitrogen and oxygen atoms in total. The lowest BCUT2D eigenvalue weighted by Crippen LogP contribution is -2.47. The van der Waals surface area contributed by atoms with Crippen LogP contribution in [0.5, 0.6) is 0 Å². The lowest BCUT2D eigenvalue weighted by molar-refractivity contribution is 0.342. The number of nitrogens with one attached hydrogen (secondary N) is 1. The molecule has 0 radical (unpaired) electrons. The molecule has 1 aromatic heterocycles. The first-order valence-electron chi connectivity index (χ1n) is 6.13. The largest absolute Gasteiger partial charge is 0.381 e. The maximum absolute atomic E-state index is 12.3. The monoisotopic (exact) mass is 274 g/mol. The minimum absolute atomic E-state index is 0.0298. The third-order valence-electron chi connectivity index (χ3n) is 3.49. The molecule has 0 aliphatic carbocycles. The van der Waals surface area contributed by atoms with Gasteiger partial charge in [-0.25, -0.2) is 13.1 Å². The third kappa shape index (κ3) is 2.84. The second-order valence-electron chi connectivity index (χ2n) is 4.50. The second-order valence-corrected chi connectivity index (χ2v) is 6.15. The standard InChI is InChI=1S/C11H22N4O2S/c1-5-11(6-2,7-3)14-18(16,17)9-8-15(4)13-10(9)12/h8,14H,5-7H2,1-4H3,(H2,12,13). The summed E-state index contributed by atoms with van der Waals surface area (Å²) >= 11 is 0. The zero-order valence-electron chi connectivity index (χ0n) is 11.4. The van der Waals surface area contributed by atoms with E-state index in [-0.39, 0.29) is 10.7 Å². The van der Waals surface area contributed by atoms with Crippen molar-refractivity contribution in [3.05, 3.63) is 6.20 Å². The Labute approximate surface area is 109 Å². The Balaban J connectivity index is 3.12. The van der Waals surface area contributed by atoms with Gasteiger partial charge in [-0.1, -0.05) is 20.8 Å². The van der Waals surface area contributed by atoms with Crippen molar-refractivity contribution in [2.24, 2.45) is 7.05 Å². The molecule has 0 aliphatic rings.